The molecule has 2 heterocycles. The van der Waals surface area contributed by atoms with Crippen LogP contribution < -0.4 is 9.47 Å². The SMILES string of the molecule is OCCCC[n+]1ccc(N2CCCC2)cc1. The quantitative estimate of drug-likeness (QED) is 0.600. The maximum atomic E-state index is 8.72. The maximum Gasteiger partial charge on any atom is 0.170 e. The Bertz CT molecular complexity index is 304. The summed E-state index contributed by atoms with van der Waals surface area (Å²) in [6.45, 7) is 3.70. The molecule has 0 amide bonds. The number of aliphatic hydroxyl groups excluding tert-OH is 1. The highest BCUT2D eigenvalue weighted by Gasteiger charge is 2.12. The topological polar surface area (TPSA) is 27.4 Å². The summed E-state index contributed by atoms with van der Waals surface area (Å²) in [4.78, 5) is 2.44. The van der Waals surface area contributed by atoms with Crippen molar-refractivity contribution in [2.45, 2.75) is 32.2 Å². The summed E-state index contributed by atoms with van der Waals surface area (Å²) in [7, 11) is 0. The maximum absolute atomic E-state index is 8.72. The number of unbranched alkanes of at least 4 members (excludes halogenated alkanes) is 1. The minimum Gasteiger partial charge on any atom is -0.396 e. The third kappa shape index (κ3) is 2.95. The molecule has 1 aliphatic rings. The Morgan fingerprint density at radius 1 is 1.12 bits per heavy atom. The number of pyridine rings is 1. The lowest BCUT2D eigenvalue weighted by Gasteiger charge is -2.16. The van der Waals surface area contributed by atoms with Crippen LogP contribution in [0.3, 0.4) is 0 Å². The van der Waals surface area contributed by atoms with Gasteiger partial charge in [0.2, 0.25) is 0 Å². The van der Waals surface area contributed by atoms with E-state index in [0.29, 0.717) is 6.61 Å². The molecule has 0 unspecified atom stereocenters. The van der Waals surface area contributed by atoms with Gasteiger partial charge in [-0.3, -0.25) is 0 Å². The predicted octanol–water partition coefficient (Wildman–Crippen LogP) is 1.35. The number of rotatable bonds is 5. The Hall–Kier alpha value is -1.09. The third-order valence-corrected chi connectivity index (χ3v) is 3.17. The van der Waals surface area contributed by atoms with E-state index in [-0.39, 0.29) is 0 Å². The van der Waals surface area contributed by atoms with Gasteiger partial charge in [-0.2, -0.15) is 0 Å². The molecule has 0 spiro atoms. The molecule has 16 heavy (non-hydrogen) atoms. The van der Waals surface area contributed by atoms with Gasteiger partial charge in [0.1, 0.15) is 6.54 Å². The van der Waals surface area contributed by atoms with E-state index in [4.69, 9.17) is 5.11 Å². The summed E-state index contributed by atoms with van der Waals surface area (Å²) >= 11 is 0. The second-order valence-corrected chi connectivity index (χ2v) is 4.42. The zero-order valence-corrected chi connectivity index (χ0v) is 9.81. The van der Waals surface area contributed by atoms with Crippen LogP contribution in [0.2, 0.25) is 0 Å². The molecule has 1 aliphatic heterocycles. The van der Waals surface area contributed by atoms with Gasteiger partial charge in [0, 0.05) is 43.9 Å². The van der Waals surface area contributed by atoms with Gasteiger partial charge in [-0.05, 0) is 19.3 Å². The molecular formula is C13H21N2O+. The molecular weight excluding hydrogens is 200 g/mol. The van der Waals surface area contributed by atoms with Crippen molar-refractivity contribution in [2.75, 3.05) is 24.6 Å². The standard InChI is InChI=1S/C13H21N2O/c16-12-4-3-7-14-10-5-13(6-11-14)15-8-1-2-9-15/h5-6,10-11,16H,1-4,7-9,12H2/q+1. The van der Waals surface area contributed by atoms with Gasteiger partial charge in [-0.25, -0.2) is 4.57 Å². The monoisotopic (exact) mass is 221 g/mol. The van der Waals surface area contributed by atoms with Crippen molar-refractivity contribution in [1.82, 2.24) is 0 Å². The number of anilines is 1. The van der Waals surface area contributed by atoms with Gasteiger partial charge in [-0.15, -0.1) is 0 Å². The average molecular weight is 221 g/mol. The highest BCUT2D eigenvalue weighted by atomic mass is 16.2. The van der Waals surface area contributed by atoms with E-state index in [2.05, 4.69) is 34.0 Å². The molecule has 1 N–H and O–H groups in total. The first-order chi connectivity index (χ1) is 7.90. The highest BCUT2D eigenvalue weighted by Crippen LogP contribution is 2.17. The first-order valence-electron chi connectivity index (χ1n) is 6.25. The number of hydrogen-bond donors (Lipinski definition) is 1. The smallest absolute Gasteiger partial charge is 0.170 e. The average Bonchev–Trinajstić information content (AvgIpc) is 2.84. The third-order valence-electron chi connectivity index (χ3n) is 3.17. The van der Waals surface area contributed by atoms with Gasteiger partial charge in [-0.1, -0.05) is 0 Å². The number of aromatic nitrogens is 1. The Labute approximate surface area is 97.3 Å². The Kier molecular flexibility index (Phi) is 4.17. The van der Waals surface area contributed by atoms with E-state index in [9.17, 15) is 0 Å². The summed E-state index contributed by atoms with van der Waals surface area (Å²) in [6, 6.07) is 4.40. The van der Waals surface area contributed by atoms with Gasteiger partial charge in [0.25, 0.3) is 0 Å². The lowest BCUT2D eigenvalue weighted by molar-refractivity contribution is -0.697. The lowest BCUT2D eigenvalue weighted by atomic mass is 10.3. The summed E-state index contributed by atoms with van der Waals surface area (Å²) in [5.41, 5.74) is 1.34. The van der Waals surface area contributed by atoms with E-state index < -0.39 is 0 Å². The van der Waals surface area contributed by atoms with E-state index in [1.54, 1.807) is 0 Å². The summed E-state index contributed by atoms with van der Waals surface area (Å²) in [6.07, 6.45) is 8.87. The predicted molar refractivity (Wildman–Crippen MR) is 64.4 cm³/mol. The van der Waals surface area contributed by atoms with Gasteiger partial charge < -0.3 is 10.0 Å². The Morgan fingerprint density at radius 2 is 1.81 bits per heavy atom. The van der Waals surface area contributed by atoms with Crippen LogP contribution in [0.1, 0.15) is 25.7 Å². The molecule has 0 aromatic carbocycles. The normalized spacial score (nSPS) is 15.7. The fraction of sp³-hybridized carbons (Fsp3) is 0.615. The summed E-state index contributed by atoms with van der Waals surface area (Å²) in [5, 5.41) is 8.72. The minimum atomic E-state index is 0.298. The molecule has 3 heteroatoms. The molecule has 0 atom stereocenters. The number of nitrogens with zero attached hydrogens (tertiary/aromatic N) is 2. The molecule has 1 fully saturated rings. The molecule has 0 bridgehead atoms. The van der Waals surface area contributed by atoms with Crippen molar-refractivity contribution in [3.63, 3.8) is 0 Å². The number of hydrogen-bond acceptors (Lipinski definition) is 2. The van der Waals surface area contributed by atoms with Crippen LogP contribution in [0.4, 0.5) is 5.69 Å². The number of aliphatic hydroxyl groups is 1. The van der Waals surface area contributed by atoms with Crippen LogP contribution >= 0.6 is 0 Å². The largest absolute Gasteiger partial charge is 0.396 e. The van der Waals surface area contributed by atoms with E-state index in [0.717, 1.165) is 19.4 Å². The van der Waals surface area contributed by atoms with Crippen molar-refractivity contribution < 1.29 is 9.67 Å². The molecule has 1 aromatic rings. The molecule has 1 aromatic heterocycles. The molecule has 0 saturated carbocycles. The first kappa shape index (κ1) is 11.4. The molecule has 3 nitrogen and oxygen atoms in total. The van der Waals surface area contributed by atoms with Crippen LogP contribution in [0.25, 0.3) is 0 Å². The van der Waals surface area contributed by atoms with Crippen LogP contribution in [0, 0.1) is 0 Å². The fourth-order valence-electron chi connectivity index (χ4n) is 2.19. The van der Waals surface area contributed by atoms with Gasteiger partial charge in [0.05, 0.1) is 0 Å². The van der Waals surface area contributed by atoms with Gasteiger partial charge >= 0.3 is 0 Å². The molecule has 0 aliphatic carbocycles. The Balaban J connectivity index is 1.88. The van der Waals surface area contributed by atoms with Gasteiger partial charge in [0.15, 0.2) is 12.4 Å². The van der Waals surface area contributed by atoms with Crippen molar-refractivity contribution >= 4 is 5.69 Å². The Morgan fingerprint density at radius 3 is 2.44 bits per heavy atom. The van der Waals surface area contributed by atoms with E-state index in [1.165, 1.54) is 31.6 Å². The highest BCUT2D eigenvalue weighted by molar-refractivity contribution is 5.44. The van der Waals surface area contributed by atoms with Crippen LogP contribution in [0.15, 0.2) is 24.5 Å². The summed E-state index contributed by atoms with van der Waals surface area (Å²) < 4.78 is 2.19. The minimum absolute atomic E-state index is 0.298. The molecule has 88 valence electrons. The van der Waals surface area contributed by atoms with Crippen molar-refractivity contribution in [3.05, 3.63) is 24.5 Å². The van der Waals surface area contributed by atoms with Crippen molar-refractivity contribution in [2.24, 2.45) is 0 Å². The lowest BCUT2D eigenvalue weighted by Crippen LogP contribution is -2.33. The molecule has 2 rings (SSSR count). The van der Waals surface area contributed by atoms with E-state index in [1.807, 2.05) is 0 Å². The number of aryl methyl sites for hydroxylation is 1. The molecule has 0 radical (unpaired) electrons. The van der Waals surface area contributed by atoms with E-state index >= 15 is 0 Å². The zero-order valence-electron chi connectivity index (χ0n) is 9.81. The van der Waals surface area contributed by atoms with Crippen LogP contribution in [0.5, 0.6) is 0 Å². The van der Waals surface area contributed by atoms with Crippen molar-refractivity contribution in [1.29, 1.82) is 0 Å². The van der Waals surface area contributed by atoms with Crippen LogP contribution in [-0.4, -0.2) is 24.8 Å². The first-order valence-corrected chi connectivity index (χ1v) is 6.25. The summed E-state index contributed by atoms with van der Waals surface area (Å²) in [5.74, 6) is 0. The zero-order chi connectivity index (χ0) is 11.2. The second-order valence-electron chi connectivity index (χ2n) is 4.42. The molecule has 1 saturated heterocycles. The van der Waals surface area contributed by atoms with Crippen LogP contribution in [-0.2, 0) is 6.54 Å². The van der Waals surface area contributed by atoms with Crippen molar-refractivity contribution in [3.8, 4) is 0 Å². The fourth-order valence-corrected chi connectivity index (χ4v) is 2.19. The second kappa shape index (κ2) is 5.85.